The van der Waals surface area contributed by atoms with Crippen molar-refractivity contribution < 1.29 is 14.7 Å². The van der Waals surface area contributed by atoms with Gasteiger partial charge in [-0.15, -0.1) is 0 Å². The van der Waals surface area contributed by atoms with Crippen LogP contribution in [0, 0.1) is 0 Å². The Hall–Kier alpha value is -2.16. The average molecular weight is 256 g/mol. The lowest BCUT2D eigenvalue weighted by atomic mass is 9.93. The molecular weight excluding hydrogens is 240 g/mol. The highest BCUT2D eigenvalue weighted by molar-refractivity contribution is 6.09. The van der Waals surface area contributed by atoms with Gasteiger partial charge in [0.25, 0.3) is 0 Å². The van der Waals surface area contributed by atoms with Gasteiger partial charge < -0.3 is 5.11 Å². The molecule has 0 bridgehead atoms. The van der Waals surface area contributed by atoms with Crippen molar-refractivity contribution in [1.29, 1.82) is 0 Å². The third-order valence-electron chi connectivity index (χ3n) is 3.32. The van der Waals surface area contributed by atoms with Gasteiger partial charge in [-0.1, -0.05) is 36.4 Å². The van der Waals surface area contributed by atoms with Crippen LogP contribution in [-0.4, -0.2) is 16.9 Å². The second-order valence-corrected chi connectivity index (χ2v) is 4.67. The van der Waals surface area contributed by atoms with E-state index in [4.69, 9.17) is 5.11 Å². The molecular formula is C16H16O3. The van der Waals surface area contributed by atoms with E-state index in [9.17, 15) is 9.59 Å². The SMILES string of the molecule is CC(C(=O)O)c1cccc(C(=O)C2=CC=CCC2)c1. The molecule has 0 saturated carbocycles. The summed E-state index contributed by atoms with van der Waals surface area (Å²) in [7, 11) is 0. The fourth-order valence-electron chi connectivity index (χ4n) is 2.07. The molecule has 98 valence electrons. The predicted octanol–water partition coefficient (Wildman–Crippen LogP) is 3.33. The molecule has 1 unspecified atom stereocenters. The van der Waals surface area contributed by atoms with Gasteiger partial charge in [0.2, 0.25) is 0 Å². The van der Waals surface area contributed by atoms with Gasteiger partial charge in [-0.3, -0.25) is 9.59 Å². The minimum Gasteiger partial charge on any atom is -0.481 e. The molecule has 3 heteroatoms. The highest BCUT2D eigenvalue weighted by Crippen LogP contribution is 2.21. The molecule has 3 nitrogen and oxygen atoms in total. The second kappa shape index (κ2) is 5.65. The van der Waals surface area contributed by atoms with Crippen LogP contribution < -0.4 is 0 Å². The number of allylic oxidation sites excluding steroid dienone is 4. The van der Waals surface area contributed by atoms with Crippen molar-refractivity contribution in [3.8, 4) is 0 Å². The predicted molar refractivity (Wildman–Crippen MR) is 73.3 cm³/mol. The first-order chi connectivity index (χ1) is 9.09. The van der Waals surface area contributed by atoms with Crippen molar-refractivity contribution in [2.75, 3.05) is 0 Å². The number of carboxylic acid groups (broad SMARTS) is 1. The van der Waals surface area contributed by atoms with Crippen LogP contribution in [0.3, 0.4) is 0 Å². The number of carbonyl (C=O) groups excluding carboxylic acids is 1. The zero-order chi connectivity index (χ0) is 13.8. The van der Waals surface area contributed by atoms with Crippen molar-refractivity contribution in [2.45, 2.75) is 25.7 Å². The molecule has 0 amide bonds. The summed E-state index contributed by atoms with van der Waals surface area (Å²) in [5.41, 5.74) is 2.00. The molecule has 0 spiro atoms. The van der Waals surface area contributed by atoms with Crippen molar-refractivity contribution >= 4 is 11.8 Å². The van der Waals surface area contributed by atoms with E-state index >= 15 is 0 Å². The standard InChI is InChI=1S/C16H16O3/c1-11(16(18)19)13-8-5-9-14(10-13)15(17)12-6-3-2-4-7-12/h2-3,5-6,8-11H,4,7H2,1H3,(H,18,19). The third-order valence-corrected chi connectivity index (χ3v) is 3.32. The van der Waals surface area contributed by atoms with Crippen molar-refractivity contribution in [2.24, 2.45) is 0 Å². The number of rotatable bonds is 4. The van der Waals surface area contributed by atoms with E-state index in [0.717, 1.165) is 18.4 Å². The van der Waals surface area contributed by atoms with Crippen LogP contribution in [0.2, 0.25) is 0 Å². The number of Topliss-reactive ketones (excluding diaryl/α,β-unsaturated/α-hetero) is 1. The van der Waals surface area contributed by atoms with Crippen LogP contribution in [0.5, 0.6) is 0 Å². The number of ketones is 1. The maximum atomic E-state index is 12.3. The minimum atomic E-state index is -0.885. The number of benzene rings is 1. The lowest BCUT2D eigenvalue weighted by molar-refractivity contribution is -0.138. The van der Waals surface area contributed by atoms with Gasteiger partial charge in [-0.2, -0.15) is 0 Å². The third kappa shape index (κ3) is 2.99. The molecule has 1 aromatic carbocycles. The molecule has 1 atom stereocenters. The maximum absolute atomic E-state index is 12.3. The second-order valence-electron chi connectivity index (χ2n) is 4.67. The first-order valence-corrected chi connectivity index (χ1v) is 6.33. The Bertz CT molecular complexity index is 567. The molecule has 0 aliphatic heterocycles. The molecule has 0 fully saturated rings. The van der Waals surface area contributed by atoms with E-state index in [1.54, 1.807) is 31.2 Å². The van der Waals surface area contributed by atoms with Gasteiger partial charge in [-0.05, 0) is 31.4 Å². The zero-order valence-electron chi connectivity index (χ0n) is 10.8. The monoisotopic (exact) mass is 256 g/mol. The van der Waals surface area contributed by atoms with Gasteiger partial charge in [0.15, 0.2) is 5.78 Å². The molecule has 1 aliphatic rings. The first kappa shape index (κ1) is 13.3. The van der Waals surface area contributed by atoms with Crippen molar-refractivity contribution in [3.63, 3.8) is 0 Å². The number of aliphatic carboxylic acids is 1. The maximum Gasteiger partial charge on any atom is 0.310 e. The average Bonchev–Trinajstić information content (AvgIpc) is 2.46. The van der Waals surface area contributed by atoms with E-state index < -0.39 is 11.9 Å². The Morgan fingerprint density at radius 3 is 2.74 bits per heavy atom. The molecule has 1 aromatic rings. The molecule has 0 heterocycles. The van der Waals surface area contributed by atoms with Gasteiger partial charge in [-0.25, -0.2) is 0 Å². The van der Waals surface area contributed by atoms with E-state index in [1.807, 2.05) is 18.2 Å². The summed E-state index contributed by atoms with van der Waals surface area (Å²) >= 11 is 0. The Kier molecular flexibility index (Phi) is 3.95. The molecule has 2 rings (SSSR count). The van der Waals surface area contributed by atoms with Crippen molar-refractivity contribution in [1.82, 2.24) is 0 Å². The summed E-state index contributed by atoms with van der Waals surface area (Å²) in [6, 6.07) is 6.89. The summed E-state index contributed by atoms with van der Waals surface area (Å²) < 4.78 is 0. The number of carbonyl (C=O) groups is 2. The fourth-order valence-corrected chi connectivity index (χ4v) is 2.07. The Morgan fingerprint density at radius 2 is 2.11 bits per heavy atom. The fraction of sp³-hybridized carbons (Fsp3) is 0.250. The molecule has 0 aromatic heterocycles. The quantitative estimate of drug-likeness (QED) is 0.841. The topological polar surface area (TPSA) is 54.4 Å². The normalized spacial score (nSPS) is 15.7. The summed E-state index contributed by atoms with van der Waals surface area (Å²) in [4.78, 5) is 23.3. The Balaban J connectivity index is 2.28. The summed E-state index contributed by atoms with van der Waals surface area (Å²) in [5, 5.41) is 9.01. The molecule has 19 heavy (non-hydrogen) atoms. The highest BCUT2D eigenvalue weighted by Gasteiger charge is 2.17. The Morgan fingerprint density at radius 1 is 1.32 bits per heavy atom. The molecule has 1 aliphatic carbocycles. The van der Waals surface area contributed by atoms with Gasteiger partial charge in [0.05, 0.1) is 5.92 Å². The lowest BCUT2D eigenvalue weighted by Crippen LogP contribution is -2.10. The smallest absolute Gasteiger partial charge is 0.310 e. The zero-order valence-corrected chi connectivity index (χ0v) is 10.8. The van der Waals surface area contributed by atoms with E-state index in [0.29, 0.717) is 11.1 Å². The molecule has 0 radical (unpaired) electrons. The Labute approximate surface area is 112 Å². The van der Waals surface area contributed by atoms with Crippen LogP contribution in [0.1, 0.15) is 41.6 Å². The van der Waals surface area contributed by atoms with Crippen LogP contribution in [0.15, 0.2) is 48.1 Å². The van der Waals surface area contributed by atoms with Crippen LogP contribution in [-0.2, 0) is 4.79 Å². The van der Waals surface area contributed by atoms with Gasteiger partial charge in [0, 0.05) is 11.1 Å². The lowest BCUT2D eigenvalue weighted by Gasteiger charge is -2.11. The minimum absolute atomic E-state index is 0.0104. The largest absolute Gasteiger partial charge is 0.481 e. The highest BCUT2D eigenvalue weighted by atomic mass is 16.4. The summed E-state index contributed by atoms with van der Waals surface area (Å²) in [5.74, 6) is -1.50. The van der Waals surface area contributed by atoms with Gasteiger partial charge in [0.1, 0.15) is 0 Å². The van der Waals surface area contributed by atoms with Crippen LogP contribution in [0.4, 0.5) is 0 Å². The van der Waals surface area contributed by atoms with Crippen LogP contribution >= 0.6 is 0 Å². The number of hydrogen-bond acceptors (Lipinski definition) is 2. The first-order valence-electron chi connectivity index (χ1n) is 6.33. The molecule has 1 N–H and O–H groups in total. The summed E-state index contributed by atoms with van der Waals surface area (Å²) in [6.07, 6.45) is 7.37. The van der Waals surface area contributed by atoms with Gasteiger partial charge >= 0.3 is 5.97 Å². The van der Waals surface area contributed by atoms with Crippen LogP contribution in [0.25, 0.3) is 0 Å². The number of hydrogen-bond donors (Lipinski definition) is 1. The van der Waals surface area contributed by atoms with Crippen molar-refractivity contribution in [3.05, 3.63) is 59.2 Å². The van der Waals surface area contributed by atoms with E-state index in [-0.39, 0.29) is 5.78 Å². The van der Waals surface area contributed by atoms with E-state index in [1.165, 1.54) is 0 Å². The summed E-state index contributed by atoms with van der Waals surface area (Å²) in [6.45, 7) is 1.62. The molecule has 0 saturated heterocycles. The van der Waals surface area contributed by atoms with E-state index in [2.05, 4.69) is 0 Å². The number of carboxylic acids is 1.